The van der Waals surface area contributed by atoms with Crippen molar-refractivity contribution in [3.8, 4) is 5.75 Å². The molecule has 1 rings (SSSR count). The summed E-state index contributed by atoms with van der Waals surface area (Å²) in [6.07, 6.45) is 3.51. The van der Waals surface area contributed by atoms with Crippen LogP contribution in [0, 0.1) is 12.3 Å². The number of methoxy groups -OCH3 is 2. The van der Waals surface area contributed by atoms with E-state index in [2.05, 4.69) is 44.3 Å². The lowest BCUT2D eigenvalue weighted by atomic mass is 9.83. The first-order valence-electron chi connectivity index (χ1n) is 7.82. The molecule has 0 aliphatic carbocycles. The molecule has 0 amide bonds. The van der Waals surface area contributed by atoms with E-state index in [1.807, 2.05) is 0 Å². The second-order valence-corrected chi connectivity index (χ2v) is 6.46. The van der Waals surface area contributed by atoms with Crippen LogP contribution in [-0.2, 0) is 11.2 Å². The number of rotatable bonds is 10. The van der Waals surface area contributed by atoms with Gasteiger partial charge in [0, 0.05) is 13.7 Å². The summed E-state index contributed by atoms with van der Waals surface area (Å²) in [4.78, 5) is 0. The molecule has 0 bridgehead atoms. The highest BCUT2D eigenvalue weighted by Crippen LogP contribution is 2.27. The van der Waals surface area contributed by atoms with Crippen LogP contribution in [0.25, 0.3) is 0 Å². The molecule has 0 saturated carbocycles. The smallest absolute Gasteiger partial charge is 0.121 e. The van der Waals surface area contributed by atoms with Gasteiger partial charge in [-0.25, -0.2) is 0 Å². The molecule has 1 aromatic rings. The Labute approximate surface area is 130 Å². The van der Waals surface area contributed by atoms with E-state index in [9.17, 15) is 0 Å². The van der Waals surface area contributed by atoms with Gasteiger partial charge in [0.05, 0.1) is 13.7 Å². The summed E-state index contributed by atoms with van der Waals surface area (Å²) in [6, 6.07) is 6.49. The lowest BCUT2D eigenvalue weighted by Gasteiger charge is -2.25. The number of hydrogen-bond acceptors (Lipinski definition) is 3. The predicted molar refractivity (Wildman–Crippen MR) is 89.2 cm³/mol. The zero-order valence-electron chi connectivity index (χ0n) is 14.3. The summed E-state index contributed by atoms with van der Waals surface area (Å²) in [6.45, 7) is 9.57. The minimum Gasteiger partial charge on any atom is -0.496 e. The normalized spacial score (nSPS) is 11.7. The largest absolute Gasteiger partial charge is 0.496 e. The second kappa shape index (κ2) is 9.06. The highest BCUT2D eigenvalue weighted by atomic mass is 16.5. The minimum absolute atomic E-state index is 0.355. The molecule has 1 aromatic carbocycles. The number of hydrogen-bond donors (Lipinski definition) is 1. The standard InChI is InChI=1S/C18H31NO2/c1-15-14-16(6-7-17(15)21-5)8-9-18(2,3)10-11-19-12-13-20-4/h6-7,14,19H,8-13H2,1-5H3. The molecule has 0 fully saturated rings. The molecule has 0 atom stereocenters. The maximum atomic E-state index is 5.31. The van der Waals surface area contributed by atoms with Crippen molar-refractivity contribution in [2.24, 2.45) is 5.41 Å². The molecule has 120 valence electrons. The number of ether oxygens (including phenoxy) is 2. The van der Waals surface area contributed by atoms with E-state index in [4.69, 9.17) is 9.47 Å². The van der Waals surface area contributed by atoms with Crippen LogP contribution in [0.4, 0.5) is 0 Å². The fraction of sp³-hybridized carbons (Fsp3) is 0.667. The monoisotopic (exact) mass is 293 g/mol. The van der Waals surface area contributed by atoms with Gasteiger partial charge < -0.3 is 14.8 Å². The highest BCUT2D eigenvalue weighted by Gasteiger charge is 2.17. The molecule has 0 saturated heterocycles. The Morgan fingerprint density at radius 2 is 1.86 bits per heavy atom. The Hall–Kier alpha value is -1.06. The first kappa shape index (κ1) is 18.0. The van der Waals surface area contributed by atoms with Crippen molar-refractivity contribution in [3.05, 3.63) is 29.3 Å². The van der Waals surface area contributed by atoms with Crippen molar-refractivity contribution >= 4 is 0 Å². The fourth-order valence-corrected chi connectivity index (χ4v) is 2.43. The average Bonchev–Trinajstić information content (AvgIpc) is 2.45. The molecule has 0 unspecified atom stereocenters. The molecule has 0 spiro atoms. The van der Waals surface area contributed by atoms with Crippen LogP contribution in [0.3, 0.4) is 0 Å². The molecule has 0 radical (unpaired) electrons. The maximum absolute atomic E-state index is 5.31. The average molecular weight is 293 g/mol. The van der Waals surface area contributed by atoms with E-state index >= 15 is 0 Å². The minimum atomic E-state index is 0.355. The van der Waals surface area contributed by atoms with Crippen LogP contribution in [0.5, 0.6) is 5.75 Å². The first-order valence-corrected chi connectivity index (χ1v) is 7.82. The van der Waals surface area contributed by atoms with Gasteiger partial charge >= 0.3 is 0 Å². The zero-order valence-corrected chi connectivity index (χ0v) is 14.3. The van der Waals surface area contributed by atoms with Gasteiger partial charge in [0.15, 0.2) is 0 Å². The van der Waals surface area contributed by atoms with Crippen LogP contribution in [0.2, 0.25) is 0 Å². The van der Waals surface area contributed by atoms with E-state index < -0.39 is 0 Å². The van der Waals surface area contributed by atoms with Crippen LogP contribution < -0.4 is 10.1 Å². The molecule has 1 N–H and O–H groups in total. The summed E-state index contributed by atoms with van der Waals surface area (Å²) in [5.41, 5.74) is 2.97. The SMILES string of the molecule is COCCNCCC(C)(C)CCc1ccc(OC)c(C)c1. The molecule has 0 aromatic heterocycles. The van der Waals surface area contributed by atoms with Crippen molar-refractivity contribution < 1.29 is 9.47 Å². The number of nitrogens with one attached hydrogen (secondary N) is 1. The highest BCUT2D eigenvalue weighted by molar-refractivity contribution is 5.36. The van der Waals surface area contributed by atoms with Crippen LogP contribution in [0.15, 0.2) is 18.2 Å². The van der Waals surface area contributed by atoms with Crippen LogP contribution in [0.1, 0.15) is 37.8 Å². The zero-order chi connectivity index (χ0) is 15.7. The molecule has 3 nitrogen and oxygen atoms in total. The lowest BCUT2D eigenvalue weighted by Crippen LogP contribution is -2.25. The Morgan fingerprint density at radius 1 is 1.10 bits per heavy atom. The quantitative estimate of drug-likeness (QED) is 0.669. The van der Waals surface area contributed by atoms with Gasteiger partial charge in [0.1, 0.15) is 5.75 Å². The molecule has 21 heavy (non-hydrogen) atoms. The maximum Gasteiger partial charge on any atom is 0.121 e. The first-order chi connectivity index (χ1) is 9.98. The van der Waals surface area contributed by atoms with Crippen molar-refractivity contribution in [1.29, 1.82) is 0 Å². The molecule has 0 heterocycles. The third-order valence-electron chi connectivity index (χ3n) is 4.01. The molecule has 0 aliphatic rings. The fourth-order valence-electron chi connectivity index (χ4n) is 2.43. The lowest BCUT2D eigenvalue weighted by molar-refractivity contribution is 0.197. The van der Waals surface area contributed by atoms with Crippen molar-refractivity contribution in [2.75, 3.05) is 33.9 Å². The molecular formula is C18H31NO2. The Morgan fingerprint density at radius 3 is 2.48 bits per heavy atom. The number of benzene rings is 1. The number of aryl methyl sites for hydroxylation is 2. The van der Waals surface area contributed by atoms with Gasteiger partial charge in [-0.15, -0.1) is 0 Å². The predicted octanol–water partition coefficient (Wildman–Crippen LogP) is 3.59. The molecule has 3 heteroatoms. The van der Waals surface area contributed by atoms with Gasteiger partial charge in [-0.05, 0) is 55.3 Å². The Bertz CT molecular complexity index is 416. The third kappa shape index (κ3) is 6.96. The van der Waals surface area contributed by atoms with Crippen LogP contribution >= 0.6 is 0 Å². The summed E-state index contributed by atoms with van der Waals surface area (Å²) < 4.78 is 10.3. The topological polar surface area (TPSA) is 30.5 Å². The summed E-state index contributed by atoms with van der Waals surface area (Å²) >= 11 is 0. The van der Waals surface area contributed by atoms with Gasteiger partial charge in [-0.3, -0.25) is 0 Å². The van der Waals surface area contributed by atoms with Gasteiger partial charge in [-0.1, -0.05) is 26.0 Å². The van der Waals surface area contributed by atoms with Gasteiger partial charge in [0.2, 0.25) is 0 Å². The van der Waals surface area contributed by atoms with Gasteiger partial charge in [0.25, 0.3) is 0 Å². The summed E-state index contributed by atoms with van der Waals surface area (Å²) in [5.74, 6) is 0.973. The van der Waals surface area contributed by atoms with E-state index in [1.54, 1.807) is 14.2 Å². The van der Waals surface area contributed by atoms with Crippen molar-refractivity contribution in [3.63, 3.8) is 0 Å². The molecule has 0 aliphatic heterocycles. The second-order valence-electron chi connectivity index (χ2n) is 6.46. The van der Waals surface area contributed by atoms with E-state index in [1.165, 1.54) is 24.0 Å². The van der Waals surface area contributed by atoms with E-state index in [-0.39, 0.29) is 0 Å². The summed E-state index contributed by atoms with van der Waals surface area (Å²) in [7, 11) is 3.46. The third-order valence-corrected chi connectivity index (χ3v) is 4.01. The van der Waals surface area contributed by atoms with Crippen LogP contribution in [-0.4, -0.2) is 33.9 Å². The Kier molecular flexibility index (Phi) is 7.76. The Balaban J connectivity index is 2.36. The van der Waals surface area contributed by atoms with E-state index in [0.717, 1.165) is 31.9 Å². The van der Waals surface area contributed by atoms with Crippen molar-refractivity contribution in [1.82, 2.24) is 5.32 Å². The van der Waals surface area contributed by atoms with E-state index in [0.29, 0.717) is 5.41 Å². The van der Waals surface area contributed by atoms with Gasteiger partial charge in [-0.2, -0.15) is 0 Å². The molecular weight excluding hydrogens is 262 g/mol. The van der Waals surface area contributed by atoms with Crippen molar-refractivity contribution in [2.45, 2.75) is 40.0 Å². The summed E-state index contributed by atoms with van der Waals surface area (Å²) in [5, 5.41) is 3.42.